The smallest absolute Gasteiger partial charge is 0.128 e. The predicted molar refractivity (Wildman–Crippen MR) is 69.9 cm³/mol. The van der Waals surface area contributed by atoms with Crippen molar-refractivity contribution in [2.24, 2.45) is 0 Å². The van der Waals surface area contributed by atoms with Crippen molar-refractivity contribution in [1.29, 1.82) is 0 Å². The highest BCUT2D eigenvalue weighted by Gasteiger charge is 2.02. The molecule has 0 saturated heterocycles. The lowest BCUT2D eigenvalue weighted by atomic mass is 10.2. The van der Waals surface area contributed by atoms with Gasteiger partial charge in [0.05, 0.1) is 11.9 Å². The van der Waals surface area contributed by atoms with E-state index in [0.29, 0.717) is 5.69 Å². The summed E-state index contributed by atoms with van der Waals surface area (Å²) in [6, 6.07) is 7.86. The fraction of sp³-hybridized carbons (Fsp3) is 0.231. The lowest BCUT2D eigenvalue weighted by Crippen LogP contribution is -2.21. The summed E-state index contributed by atoms with van der Waals surface area (Å²) in [6.07, 6.45) is 6.29. The summed E-state index contributed by atoms with van der Waals surface area (Å²) in [5.41, 5.74) is 7.57. The van der Waals surface area contributed by atoms with Crippen LogP contribution >= 0.6 is 0 Å². The van der Waals surface area contributed by atoms with Crippen molar-refractivity contribution in [3.63, 3.8) is 0 Å². The second kappa shape index (κ2) is 5.30. The SMILES string of the molecule is CN(CCc1ccncc1)c1ccc(N)cn1. The maximum Gasteiger partial charge on any atom is 0.128 e. The van der Waals surface area contributed by atoms with Crippen molar-refractivity contribution >= 4 is 11.5 Å². The van der Waals surface area contributed by atoms with Gasteiger partial charge in [0.15, 0.2) is 0 Å². The Labute approximate surface area is 101 Å². The van der Waals surface area contributed by atoms with Gasteiger partial charge in [-0.3, -0.25) is 4.98 Å². The minimum Gasteiger partial charge on any atom is -0.397 e. The van der Waals surface area contributed by atoms with E-state index in [-0.39, 0.29) is 0 Å². The molecular weight excluding hydrogens is 212 g/mol. The van der Waals surface area contributed by atoms with Crippen LogP contribution in [0, 0.1) is 0 Å². The summed E-state index contributed by atoms with van der Waals surface area (Å²) in [6.45, 7) is 0.918. The quantitative estimate of drug-likeness (QED) is 0.866. The van der Waals surface area contributed by atoms with Gasteiger partial charge in [-0.2, -0.15) is 0 Å². The number of anilines is 2. The van der Waals surface area contributed by atoms with Gasteiger partial charge in [0, 0.05) is 26.0 Å². The molecule has 0 aliphatic heterocycles. The van der Waals surface area contributed by atoms with Crippen LogP contribution in [0.5, 0.6) is 0 Å². The maximum absolute atomic E-state index is 5.60. The molecule has 2 aromatic rings. The number of likely N-dealkylation sites (N-methyl/N-ethyl adjacent to an activating group) is 1. The minimum absolute atomic E-state index is 0.691. The number of nitrogens with two attached hydrogens (primary N) is 1. The van der Waals surface area contributed by atoms with E-state index in [1.807, 2.05) is 43.7 Å². The summed E-state index contributed by atoms with van der Waals surface area (Å²) in [7, 11) is 2.03. The highest BCUT2D eigenvalue weighted by atomic mass is 15.2. The number of nitrogens with zero attached hydrogens (tertiary/aromatic N) is 3. The lowest BCUT2D eigenvalue weighted by molar-refractivity contribution is 0.858. The van der Waals surface area contributed by atoms with Crippen LogP contribution in [-0.4, -0.2) is 23.6 Å². The van der Waals surface area contributed by atoms with Crippen molar-refractivity contribution in [3.05, 3.63) is 48.4 Å². The van der Waals surface area contributed by atoms with E-state index < -0.39 is 0 Å². The Morgan fingerprint density at radius 1 is 1.18 bits per heavy atom. The van der Waals surface area contributed by atoms with Gasteiger partial charge in [-0.15, -0.1) is 0 Å². The first-order valence-electron chi connectivity index (χ1n) is 5.57. The van der Waals surface area contributed by atoms with Crippen LogP contribution in [0.25, 0.3) is 0 Å². The molecule has 4 heteroatoms. The Morgan fingerprint density at radius 2 is 1.94 bits per heavy atom. The second-order valence-corrected chi connectivity index (χ2v) is 3.98. The average Bonchev–Trinajstić information content (AvgIpc) is 2.38. The maximum atomic E-state index is 5.60. The number of rotatable bonds is 4. The summed E-state index contributed by atoms with van der Waals surface area (Å²) in [5, 5.41) is 0. The highest BCUT2D eigenvalue weighted by Crippen LogP contribution is 2.11. The standard InChI is InChI=1S/C13H16N4/c1-17(13-3-2-12(14)10-16-13)9-6-11-4-7-15-8-5-11/h2-5,7-8,10H,6,9,14H2,1H3. The van der Waals surface area contributed by atoms with Crippen molar-refractivity contribution in [3.8, 4) is 0 Å². The summed E-state index contributed by atoms with van der Waals surface area (Å²) in [5.74, 6) is 0.938. The molecule has 0 fully saturated rings. The van der Waals surface area contributed by atoms with Crippen molar-refractivity contribution in [2.45, 2.75) is 6.42 Å². The van der Waals surface area contributed by atoms with Crippen LogP contribution in [0.15, 0.2) is 42.9 Å². The molecule has 0 unspecified atom stereocenters. The van der Waals surface area contributed by atoms with Crippen LogP contribution < -0.4 is 10.6 Å². The van der Waals surface area contributed by atoms with E-state index in [2.05, 4.69) is 14.9 Å². The van der Waals surface area contributed by atoms with Gasteiger partial charge in [-0.1, -0.05) is 0 Å². The summed E-state index contributed by atoms with van der Waals surface area (Å²) < 4.78 is 0. The van der Waals surface area contributed by atoms with Gasteiger partial charge < -0.3 is 10.6 Å². The molecule has 0 spiro atoms. The third kappa shape index (κ3) is 3.17. The molecule has 2 aromatic heterocycles. The Hall–Kier alpha value is -2.10. The molecule has 2 N–H and O–H groups in total. The zero-order valence-electron chi connectivity index (χ0n) is 9.87. The first kappa shape index (κ1) is 11.4. The number of nitrogen functional groups attached to an aromatic ring is 1. The second-order valence-electron chi connectivity index (χ2n) is 3.98. The molecule has 0 aliphatic rings. The van der Waals surface area contributed by atoms with Gasteiger partial charge in [0.1, 0.15) is 5.82 Å². The first-order chi connectivity index (χ1) is 8.25. The Bertz CT molecular complexity index is 453. The highest BCUT2D eigenvalue weighted by molar-refractivity contribution is 5.45. The average molecular weight is 228 g/mol. The zero-order chi connectivity index (χ0) is 12.1. The van der Waals surface area contributed by atoms with Gasteiger partial charge >= 0.3 is 0 Å². The Morgan fingerprint density at radius 3 is 2.59 bits per heavy atom. The first-order valence-corrected chi connectivity index (χ1v) is 5.57. The molecule has 0 saturated carbocycles. The number of hydrogen-bond acceptors (Lipinski definition) is 4. The van der Waals surface area contributed by atoms with Gasteiger partial charge in [0.2, 0.25) is 0 Å². The van der Waals surface area contributed by atoms with E-state index in [1.54, 1.807) is 6.20 Å². The summed E-state index contributed by atoms with van der Waals surface area (Å²) >= 11 is 0. The third-order valence-electron chi connectivity index (χ3n) is 2.65. The lowest BCUT2D eigenvalue weighted by Gasteiger charge is -2.17. The van der Waals surface area contributed by atoms with E-state index in [1.165, 1.54) is 5.56 Å². The molecule has 2 heterocycles. The minimum atomic E-state index is 0.691. The van der Waals surface area contributed by atoms with Gasteiger partial charge in [-0.25, -0.2) is 4.98 Å². The van der Waals surface area contributed by atoms with Crippen LogP contribution in [0.1, 0.15) is 5.56 Å². The number of aromatic nitrogens is 2. The van der Waals surface area contributed by atoms with E-state index in [0.717, 1.165) is 18.8 Å². The van der Waals surface area contributed by atoms with Gasteiger partial charge in [0.25, 0.3) is 0 Å². The molecule has 4 nitrogen and oxygen atoms in total. The molecule has 2 rings (SSSR count). The topological polar surface area (TPSA) is 55.0 Å². The number of hydrogen-bond donors (Lipinski definition) is 1. The Kier molecular flexibility index (Phi) is 3.55. The summed E-state index contributed by atoms with van der Waals surface area (Å²) in [4.78, 5) is 10.4. The molecule has 0 amide bonds. The van der Waals surface area contributed by atoms with Crippen LogP contribution in [0.4, 0.5) is 11.5 Å². The van der Waals surface area contributed by atoms with E-state index in [9.17, 15) is 0 Å². The normalized spacial score (nSPS) is 10.2. The van der Waals surface area contributed by atoms with Crippen molar-refractivity contribution < 1.29 is 0 Å². The predicted octanol–water partition coefficient (Wildman–Crippen LogP) is 1.74. The fourth-order valence-electron chi connectivity index (χ4n) is 1.58. The van der Waals surface area contributed by atoms with Crippen molar-refractivity contribution in [1.82, 2.24) is 9.97 Å². The molecule has 0 atom stereocenters. The van der Waals surface area contributed by atoms with Crippen LogP contribution in [0.2, 0.25) is 0 Å². The molecule has 0 radical (unpaired) electrons. The number of pyridine rings is 2. The third-order valence-corrected chi connectivity index (χ3v) is 2.65. The van der Waals surface area contributed by atoms with E-state index >= 15 is 0 Å². The zero-order valence-corrected chi connectivity index (χ0v) is 9.87. The largest absolute Gasteiger partial charge is 0.397 e. The molecule has 0 aliphatic carbocycles. The van der Waals surface area contributed by atoms with Crippen molar-refractivity contribution in [2.75, 3.05) is 24.2 Å². The molecular formula is C13H16N4. The van der Waals surface area contributed by atoms with Crippen LogP contribution in [0.3, 0.4) is 0 Å². The Balaban J connectivity index is 1.93. The van der Waals surface area contributed by atoms with E-state index in [4.69, 9.17) is 5.73 Å². The molecule has 0 bridgehead atoms. The monoisotopic (exact) mass is 228 g/mol. The van der Waals surface area contributed by atoms with Gasteiger partial charge in [-0.05, 0) is 36.2 Å². The molecule has 0 aromatic carbocycles. The fourth-order valence-corrected chi connectivity index (χ4v) is 1.58. The molecule has 88 valence electrons. The van der Waals surface area contributed by atoms with Crippen LogP contribution in [-0.2, 0) is 6.42 Å². The molecule has 17 heavy (non-hydrogen) atoms.